The molecule has 1 fully saturated rings. The van der Waals surface area contributed by atoms with Crippen LogP contribution < -0.4 is 5.73 Å². The Labute approximate surface area is 145 Å². The number of carboxylic acid groups (broad SMARTS) is 1. The van der Waals surface area contributed by atoms with Gasteiger partial charge in [-0.1, -0.05) is 19.9 Å². The van der Waals surface area contributed by atoms with Crippen LogP contribution in [0.2, 0.25) is 0 Å². The van der Waals surface area contributed by atoms with Crippen molar-refractivity contribution in [2.45, 2.75) is 50.8 Å². The first kappa shape index (κ1) is 19.4. The van der Waals surface area contributed by atoms with Crippen molar-refractivity contribution in [3.8, 4) is 0 Å². The first-order chi connectivity index (χ1) is 11.7. The standard InChI is InChI=1S/C16H24N2O7/c1-8(2)11(17)16(23)24-7-10-12(19)13(20)14(25-10)18-5-3-4-9(6-18)15(21)22/h3,5-6,8,10-14,19-20H,4,7,17H2,1-2H3,(H,21,22)/t10?,11-,12+,13+,14+/m0/s1. The second kappa shape index (κ2) is 7.96. The molecule has 25 heavy (non-hydrogen) atoms. The van der Waals surface area contributed by atoms with E-state index in [-0.39, 0.29) is 24.5 Å². The van der Waals surface area contributed by atoms with Crippen LogP contribution in [0, 0.1) is 5.92 Å². The monoisotopic (exact) mass is 356 g/mol. The van der Waals surface area contributed by atoms with E-state index in [0.29, 0.717) is 0 Å². The second-order valence-corrected chi connectivity index (χ2v) is 6.44. The summed E-state index contributed by atoms with van der Waals surface area (Å²) in [4.78, 5) is 24.2. The van der Waals surface area contributed by atoms with Gasteiger partial charge in [-0.25, -0.2) is 4.79 Å². The van der Waals surface area contributed by atoms with E-state index in [1.54, 1.807) is 26.1 Å². The quantitative estimate of drug-likeness (QED) is 0.447. The maximum atomic E-state index is 11.8. The minimum atomic E-state index is -1.29. The van der Waals surface area contributed by atoms with Crippen molar-refractivity contribution >= 4 is 11.9 Å². The Morgan fingerprint density at radius 3 is 2.68 bits per heavy atom. The number of aliphatic carboxylic acids is 1. The Morgan fingerprint density at radius 2 is 2.08 bits per heavy atom. The predicted molar refractivity (Wildman–Crippen MR) is 85.8 cm³/mol. The molecular formula is C16H24N2O7. The number of esters is 1. The first-order valence-electron chi connectivity index (χ1n) is 8.04. The first-order valence-corrected chi connectivity index (χ1v) is 8.04. The highest BCUT2D eigenvalue weighted by atomic mass is 16.6. The van der Waals surface area contributed by atoms with E-state index in [1.807, 2.05) is 0 Å². The third-order valence-corrected chi connectivity index (χ3v) is 4.21. The lowest BCUT2D eigenvalue weighted by Gasteiger charge is -2.28. The summed E-state index contributed by atoms with van der Waals surface area (Å²) < 4.78 is 10.6. The zero-order valence-electron chi connectivity index (χ0n) is 14.1. The molecule has 0 aromatic carbocycles. The zero-order valence-corrected chi connectivity index (χ0v) is 14.1. The smallest absolute Gasteiger partial charge is 0.333 e. The third kappa shape index (κ3) is 4.37. The summed E-state index contributed by atoms with van der Waals surface area (Å²) in [5, 5.41) is 29.3. The summed E-state index contributed by atoms with van der Waals surface area (Å²) in [6, 6.07) is -0.787. The summed E-state index contributed by atoms with van der Waals surface area (Å²) in [6.45, 7) is 3.30. The molecule has 2 rings (SSSR count). The molecular weight excluding hydrogens is 332 g/mol. The van der Waals surface area contributed by atoms with Crippen LogP contribution >= 0.6 is 0 Å². The third-order valence-electron chi connectivity index (χ3n) is 4.21. The average molecular weight is 356 g/mol. The zero-order chi connectivity index (χ0) is 18.7. The van der Waals surface area contributed by atoms with Crippen molar-refractivity contribution in [1.29, 1.82) is 0 Å². The minimum absolute atomic E-state index is 0.0988. The van der Waals surface area contributed by atoms with Gasteiger partial charge in [0.1, 0.15) is 31.0 Å². The Balaban J connectivity index is 1.99. The van der Waals surface area contributed by atoms with E-state index >= 15 is 0 Å². The second-order valence-electron chi connectivity index (χ2n) is 6.44. The highest BCUT2D eigenvalue weighted by molar-refractivity contribution is 5.87. The molecule has 2 aliphatic rings. The largest absolute Gasteiger partial charge is 0.478 e. The van der Waals surface area contributed by atoms with E-state index in [1.165, 1.54) is 11.1 Å². The summed E-state index contributed by atoms with van der Waals surface area (Å²) in [6.07, 6.45) is 0.263. The minimum Gasteiger partial charge on any atom is -0.478 e. The summed E-state index contributed by atoms with van der Waals surface area (Å²) >= 11 is 0. The van der Waals surface area contributed by atoms with Crippen LogP contribution in [0.4, 0.5) is 0 Å². The highest BCUT2D eigenvalue weighted by Gasteiger charge is 2.45. The topological polar surface area (TPSA) is 143 Å². The molecule has 0 aromatic rings. The van der Waals surface area contributed by atoms with Crippen LogP contribution in [0.15, 0.2) is 24.0 Å². The molecule has 0 aromatic heterocycles. The number of carbonyl (C=O) groups excluding carboxylic acids is 1. The van der Waals surface area contributed by atoms with Gasteiger partial charge in [0, 0.05) is 18.8 Å². The number of carboxylic acids is 1. The summed E-state index contributed by atoms with van der Waals surface area (Å²) in [5.74, 6) is -1.79. The van der Waals surface area contributed by atoms with Crippen LogP contribution in [0.1, 0.15) is 20.3 Å². The Morgan fingerprint density at radius 1 is 1.40 bits per heavy atom. The van der Waals surface area contributed by atoms with Gasteiger partial charge in [-0.3, -0.25) is 4.79 Å². The number of hydrogen-bond donors (Lipinski definition) is 4. The van der Waals surface area contributed by atoms with Crippen LogP contribution in [0.5, 0.6) is 0 Å². The van der Waals surface area contributed by atoms with Crippen molar-refractivity contribution in [2.24, 2.45) is 11.7 Å². The van der Waals surface area contributed by atoms with E-state index in [0.717, 1.165) is 0 Å². The molecule has 0 radical (unpaired) electrons. The molecule has 2 aliphatic heterocycles. The number of hydrogen-bond acceptors (Lipinski definition) is 8. The van der Waals surface area contributed by atoms with E-state index in [2.05, 4.69) is 0 Å². The van der Waals surface area contributed by atoms with Gasteiger partial charge in [-0.05, 0) is 5.92 Å². The van der Waals surface area contributed by atoms with Gasteiger partial charge in [-0.2, -0.15) is 0 Å². The van der Waals surface area contributed by atoms with Gasteiger partial charge in [0.05, 0.1) is 5.57 Å². The normalized spacial score (nSPS) is 30.3. The van der Waals surface area contributed by atoms with Gasteiger partial charge >= 0.3 is 11.9 Å². The Kier molecular flexibility index (Phi) is 6.17. The average Bonchev–Trinajstić information content (AvgIpc) is 2.87. The fourth-order valence-electron chi connectivity index (χ4n) is 2.52. The van der Waals surface area contributed by atoms with Crippen molar-refractivity contribution in [2.75, 3.05) is 6.61 Å². The fourth-order valence-corrected chi connectivity index (χ4v) is 2.52. The lowest BCUT2D eigenvalue weighted by atomic mass is 10.1. The van der Waals surface area contributed by atoms with Crippen molar-refractivity contribution in [1.82, 2.24) is 4.90 Å². The maximum absolute atomic E-state index is 11.8. The molecule has 0 aliphatic carbocycles. The van der Waals surface area contributed by atoms with Crippen LogP contribution in [-0.2, 0) is 19.1 Å². The number of aliphatic hydroxyl groups excluding tert-OH is 2. The molecule has 0 saturated carbocycles. The Hall–Kier alpha value is -1.94. The summed E-state index contributed by atoms with van der Waals surface area (Å²) in [5.41, 5.74) is 5.82. The molecule has 2 heterocycles. The Bertz CT molecular complexity index is 575. The lowest BCUT2D eigenvalue weighted by molar-refractivity contribution is -0.153. The summed E-state index contributed by atoms with van der Waals surface area (Å²) in [7, 11) is 0. The number of aliphatic hydroxyl groups is 2. The van der Waals surface area contributed by atoms with Crippen molar-refractivity contribution in [3.05, 3.63) is 24.0 Å². The molecule has 9 heteroatoms. The number of carbonyl (C=O) groups is 2. The molecule has 0 amide bonds. The van der Waals surface area contributed by atoms with Crippen molar-refractivity contribution < 1.29 is 34.4 Å². The molecule has 5 N–H and O–H groups in total. The lowest BCUT2D eigenvalue weighted by Crippen LogP contribution is -2.41. The molecule has 5 atom stereocenters. The number of nitrogens with two attached hydrogens (primary N) is 1. The molecule has 1 unspecified atom stereocenters. The maximum Gasteiger partial charge on any atom is 0.333 e. The van der Waals surface area contributed by atoms with Gasteiger partial charge in [0.15, 0.2) is 6.23 Å². The van der Waals surface area contributed by atoms with Crippen LogP contribution in [0.3, 0.4) is 0 Å². The van der Waals surface area contributed by atoms with Gasteiger partial charge < -0.3 is 35.4 Å². The number of ether oxygens (including phenoxy) is 2. The number of allylic oxidation sites excluding steroid dienone is 1. The SMILES string of the molecule is CC(C)[C@H](N)C(=O)OCC1O[C@@H](N2C=CCC(C(=O)O)=C2)[C@H](O)[C@@H]1O. The molecule has 9 nitrogen and oxygen atoms in total. The van der Waals surface area contributed by atoms with Gasteiger partial charge in [0.25, 0.3) is 0 Å². The van der Waals surface area contributed by atoms with E-state index in [9.17, 15) is 19.8 Å². The number of rotatable bonds is 6. The fraction of sp³-hybridized carbons (Fsp3) is 0.625. The molecule has 140 valence electrons. The van der Waals surface area contributed by atoms with Gasteiger partial charge in [0.2, 0.25) is 0 Å². The number of nitrogens with zero attached hydrogens (tertiary/aromatic N) is 1. The van der Waals surface area contributed by atoms with Crippen molar-refractivity contribution in [3.63, 3.8) is 0 Å². The molecule has 0 bridgehead atoms. The molecule has 0 spiro atoms. The predicted octanol–water partition coefficient (Wildman–Crippen LogP) is -0.852. The van der Waals surface area contributed by atoms with Gasteiger partial charge in [-0.15, -0.1) is 0 Å². The highest BCUT2D eigenvalue weighted by Crippen LogP contribution is 2.27. The van der Waals surface area contributed by atoms with E-state index < -0.39 is 42.5 Å². The molecule has 1 saturated heterocycles. The van der Waals surface area contributed by atoms with E-state index in [4.69, 9.17) is 20.3 Å². The van der Waals surface area contributed by atoms with Crippen LogP contribution in [-0.4, -0.2) is 69.3 Å². The van der Waals surface area contributed by atoms with Crippen LogP contribution in [0.25, 0.3) is 0 Å².